The van der Waals surface area contributed by atoms with Gasteiger partial charge in [-0.05, 0) is 30.2 Å². The minimum absolute atomic E-state index is 0.0230. The van der Waals surface area contributed by atoms with E-state index in [0.717, 1.165) is 17.6 Å². The van der Waals surface area contributed by atoms with Crippen LogP contribution in [-0.4, -0.2) is 16.3 Å². The van der Waals surface area contributed by atoms with Gasteiger partial charge in [0, 0.05) is 23.6 Å². The Morgan fingerprint density at radius 1 is 1.38 bits per heavy atom. The van der Waals surface area contributed by atoms with Gasteiger partial charge in [0.2, 0.25) is 0 Å². The quantitative estimate of drug-likeness (QED) is 0.824. The van der Waals surface area contributed by atoms with Crippen LogP contribution in [0, 0.1) is 0 Å². The molecule has 1 aromatic carbocycles. The maximum atomic E-state index is 9.10. The van der Waals surface area contributed by atoms with E-state index in [1.807, 2.05) is 7.05 Å². The molecule has 0 saturated carbocycles. The third-order valence-corrected chi connectivity index (χ3v) is 3.13. The van der Waals surface area contributed by atoms with Crippen molar-refractivity contribution in [3.8, 4) is 0 Å². The summed E-state index contributed by atoms with van der Waals surface area (Å²) in [6.45, 7) is 2.12. The molecule has 0 aliphatic rings. The van der Waals surface area contributed by atoms with Gasteiger partial charge in [-0.15, -0.1) is 0 Å². The van der Waals surface area contributed by atoms with Gasteiger partial charge in [0.25, 0.3) is 0 Å². The number of aliphatic hydroxyl groups excluding tert-OH is 1. The van der Waals surface area contributed by atoms with Crippen LogP contribution in [0.4, 0.5) is 0 Å². The molecule has 16 heavy (non-hydrogen) atoms. The molecular weight excluding hydrogens is 200 g/mol. The average Bonchev–Trinajstić information content (AvgIpc) is 2.65. The molecule has 3 nitrogen and oxygen atoms in total. The summed E-state index contributed by atoms with van der Waals surface area (Å²) in [5.41, 5.74) is 9.32. The van der Waals surface area contributed by atoms with Crippen molar-refractivity contribution >= 4 is 10.9 Å². The van der Waals surface area contributed by atoms with Gasteiger partial charge in [-0.2, -0.15) is 0 Å². The fourth-order valence-electron chi connectivity index (χ4n) is 2.09. The molecule has 0 amide bonds. The molecule has 0 fully saturated rings. The second kappa shape index (κ2) is 4.28. The summed E-state index contributed by atoms with van der Waals surface area (Å²) in [4.78, 5) is 0. The van der Waals surface area contributed by atoms with Crippen LogP contribution in [0.3, 0.4) is 0 Å². The SMILES string of the molecule is CCc1ccc2c(c1)cc(C(N)CO)n2C. The zero-order chi connectivity index (χ0) is 11.7. The van der Waals surface area contributed by atoms with Gasteiger partial charge in [0.15, 0.2) is 0 Å². The van der Waals surface area contributed by atoms with Gasteiger partial charge >= 0.3 is 0 Å². The Morgan fingerprint density at radius 2 is 2.12 bits per heavy atom. The van der Waals surface area contributed by atoms with E-state index in [9.17, 15) is 0 Å². The molecule has 0 saturated heterocycles. The van der Waals surface area contributed by atoms with Crippen molar-refractivity contribution in [3.05, 3.63) is 35.5 Å². The molecule has 2 rings (SSSR count). The minimum atomic E-state index is -0.303. The largest absolute Gasteiger partial charge is 0.394 e. The maximum Gasteiger partial charge on any atom is 0.0685 e. The average molecular weight is 218 g/mol. The number of rotatable bonds is 3. The maximum absolute atomic E-state index is 9.10. The van der Waals surface area contributed by atoms with Crippen LogP contribution in [0.25, 0.3) is 10.9 Å². The molecule has 86 valence electrons. The Hall–Kier alpha value is -1.32. The number of aromatic nitrogens is 1. The zero-order valence-electron chi connectivity index (χ0n) is 9.77. The molecule has 0 radical (unpaired) electrons. The second-order valence-corrected chi connectivity index (χ2v) is 4.16. The van der Waals surface area contributed by atoms with Crippen LogP contribution < -0.4 is 5.73 Å². The highest BCUT2D eigenvalue weighted by atomic mass is 16.3. The van der Waals surface area contributed by atoms with Crippen LogP contribution >= 0.6 is 0 Å². The van der Waals surface area contributed by atoms with E-state index < -0.39 is 0 Å². The van der Waals surface area contributed by atoms with E-state index >= 15 is 0 Å². The standard InChI is InChI=1S/C13H18N2O/c1-3-9-4-5-12-10(6-9)7-13(15(12)2)11(14)8-16/h4-7,11,16H,3,8,14H2,1-2H3. The topological polar surface area (TPSA) is 51.2 Å². The number of fused-ring (bicyclic) bond motifs is 1. The smallest absolute Gasteiger partial charge is 0.0685 e. The molecule has 1 unspecified atom stereocenters. The second-order valence-electron chi connectivity index (χ2n) is 4.16. The number of aryl methyl sites for hydroxylation is 2. The Morgan fingerprint density at radius 3 is 2.75 bits per heavy atom. The van der Waals surface area contributed by atoms with Gasteiger partial charge in [-0.25, -0.2) is 0 Å². The van der Waals surface area contributed by atoms with Gasteiger partial charge in [0.05, 0.1) is 12.6 Å². The minimum Gasteiger partial charge on any atom is -0.394 e. The predicted octanol–water partition coefficient (Wildman–Crippen LogP) is 1.73. The third-order valence-electron chi connectivity index (χ3n) is 3.13. The van der Waals surface area contributed by atoms with E-state index in [0.29, 0.717) is 0 Å². The Bertz CT molecular complexity index is 502. The molecule has 2 aromatic rings. The number of nitrogens with two attached hydrogens (primary N) is 1. The highest BCUT2D eigenvalue weighted by Crippen LogP contribution is 2.23. The third kappa shape index (κ3) is 1.72. The normalized spacial score (nSPS) is 13.2. The van der Waals surface area contributed by atoms with Gasteiger partial charge in [0.1, 0.15) is 0 Å². The van der Waals surface area contributed by atoms with E-state index in [1.165, 1.54) is 10.9 Å². The van der Waals surface area contributed by atoms with Crippen LogP contribution in [0.15, 0.2) is 24.3 Å². The molecule has 0 aliphatic heterocycles. The number of aliphatic hydroxyl groups is 1. The summed E-state index contributed by atoms with van der Waals surface area (Å²) in [6.07, 6.45) is 1.03. The van der Waals surface area contributed by atoms with Gasteiger partial charge in [-0.3, -0.25) is 0 Å². The molecule has 0 aliphatic carbocycles. The molecule has 0 spiro atoms. The first-order chi connectivity index (χ1) is 7.67. The molecule has 1 aromatic heterocycles. The summed E-state index contributed by atoms with van der Waals surface area (Å²) in [5, 5.41) is 10.3. The molecule has 0 bridgehead atoms. The Labute approximate surface area is 95.5 Å². The van der Waals surface area contributed by atoms with Crippen LogP contribution in [-0.2, 0) is 13.5 Å². The predicted molar refractivity (Wildman–Crippen MR) is 66.3 cm³/mol. The summed E-state index contributed by atoms with van der Waals surface area (Å²) in [6, 6.07) is 8.19. The lowest BCUT2D eigenvalue weighted by Crippen LogP contribution is -2.17. The fourth-order valence-corrected chi connectivity index (χ4v) is 2.09. The van der Waals surface area contributed by atoms with Gasteiger partial charge < -0.3 is 15.4 Å². The van der Waals surface area contributed by atoms with E-state index in [4.69, 9.17) is 10.8 Å². The summed E-state index contributed by atoms with van der Waals surface area (Å²) < 4.78 is 2.05. The van der Waals surface area contributed by atoms with E-state index in [-0.39, 0.29) is 12.6 Å². The summed E-state index contributed by atoms with van der Waals surface area (Å²) in [7, 11) is 1.98. The lowest BCUT2D eigenvalue weighted by Gasteiger charge is -2.09. The van der Waals surface area contributed by atoms with Crippen molar-refractivity contribution in [1.29, 1.82) is 0 Å². The first-order valence-corrected chi connectivity index (χ1v) is 5.62. The molecular formula is C13H18N2O. The van der Waals surface area contributed by atoms with Crippen molar-refractivity contribution < 1.29 is 5.11 Å². The molecule has 1 heterocycles. The van der Waals surface area contributed by atoms with E-state index in [2.05, 4.69) is 35.8 Å². The summed E-state index contributed by atoms with van der Waals surface area (Å²) >= 11 is 0. The lowest BCUT2D eigenvalue weighted by atomic mass is 10.1. The first kappa shape index (κ1) is 11.2. The van der Waals surface area contributed by atoms with Crippen LogP contribution in [0.2, 0.25) is 0 Å². The Kier molecular flexibility index (Phi) is 2.99. The van der Waals surface area contributed by atoms with Crippen molar-refractivity contribution in [2.45, 2.75) is 19.4 Å². The van der Waals surface area contributed by atoms with Crippen molar-refractivity contribution in [2.24, 2.45) is 12.8 Å². The van der Waals surface area contributed by atoms with Crippen molar-refractivity contribution in [2.75, 3.05) is 6.61 Å². The number of hydrogen-bond donors (Lipinski definition) is 2. The molecule has 3 N–H and O–H groups in total. The highest BCUT2D eigenvalue weighted by Gasteiger charge is 2.11. The lowest BCUT2D eigenvalue weighted by molar-refractivity contribution is 0.264. The van der Waals surface area contributed by atoms with Crippen molar-refractivity contribution in [3.63, 3.8) is 0 Å². The number of benzene rings is 1. The fraction of sp³-hybridized carbons (Fsp3) is 0.385. The van der Waals surface area contributed by atoms with Crippen LogP contribution in [0.5, 0.6) is 0 Å². The monoisotopic (exact) mass is 218 g/mol. The molecule has 1 atom stereocenters. The van der Waals surface area contributed by atoms with E-state index in [1.54, 1.807) is 0 Å². The number of hydrogen-bond acceptors (Lipinski definition) is 2. The number of nitrogens with zero attached hydrogens (tertiary/aromatic N) is 1. The van der Waals surface area contributed by atoms with Crippen molar-refractivity contribution in [1.82, 2.24) is 4.57 Å². The zero-order valence-corrected chi connectivity index (χ0v) is 9.77. The first-order valence-electron chi connectivity index (χ1n) is 5.62. The Balaban J connectivity index is 2.58. The molecule has 3 heteroatoms. The van der Waals surface area contributed by atoms with Crippen LogP contribution in [0.1, 0.15) is 24.2 Å². The summed E-state index contributed by atoms with van der Waals surface area (Å²) in [5.74, 6) is 0. The highest BCUT2D eigenvalue weighted by molar-refractivity contribution is 5.82. The van der Waals surface area contributed by atoms with Gasteiger partial charge in [-0.1, -0.05) is 13.0 Å².